The van der Waals surface area contributed by atoms with Gasteiger partial charge in [-0.05, 0) is 305 Å². The minimum absolute atomic E-state index is 0.329. The van der Waals surface area contributed by atoms with E-state index in [0.717, 1.165) is 81.0 Å². The molecule has 1 heteroatoms. The first kappa shape index (κ1) is 76.7. The van der Waals surface area contributed by atoms with Gasteiger partial charge in [-0.15, -0.1) is 0 Å². The van der Waals surface area contributed by atoms with Gasteiger partial charge in [-0.3, -0.25) is 0 Å². The molecule has 13 aromatic rings. The average Bonchev–Trinajstić information content (AvgIpc) is 0.643. The highest BCUT2D eigenvalue weighted by Gasteiger charge is 2.33. The lowest BCUT2D eigenvalue weighted by atomic mass is 9.72. The Morgan fingerprint density at radius 1 is 0.173 bits per heavy atom. The molecule has 0 heterocycles. The predicted octanol–water partition coefficient (Wildman–Crippen LogP) is 32.2. The summed E-state index contributed by atoms with van der Waals surface area (Å²) in [6.45, 7) is 37.2. The second-order valence-electron chi connectivity index (χ2n) is 38.1. The van der Waals surface area contributed by atoms with Crippen molar-refractivity contribution in [2.24, 2.45) is 59.2 Å². The molecule has 558 valence electrons. The molecule has 0 aliphatic heterocycles. The van der Waals surface area contributed by atoms with E-state index in [0.29, 0.717) is 36.2 Å². The van der Waals surface area contributed by atoms with Crippen LogP contribution in [0, 0.1) is 59.2 Å². The molecule has 0 spiro atoms. The number of hydrogen-bond acceptors (Lipinski definition) is 1. The van der Waals surface area contributed by atoms with Crippen LogP contribution in [0.2, 0.25) is 0 Å². The van der Waals surface area contributed by atoms with Crippen molar-refractivity contribution in [3.8, 4) is 0 Å². The smallest absolute Gasteiger partial charge is 0.0431 e. The van der Waals surface area contributed by atoms with Gasteiger partial charge in [-0.2, -0.15) is 0 Å². The number of aliphatic hydroxyl groups excluding tert-OH is 1. The fraction of sp³-hybridized carbons (Fsp3) is 0.592. The Morgan fingerprint density at radius 2 is 0.337 bits per heavy atom. The van der Waals surface area contributed by atoms with E-state index in [4.69, 9.17) is 0 Å². The van der Waals surface area contributed by atoms with Gasteiger partial charge in [0.05, 0.1) is 0 Å². The summed E-state index contributed by atoms with van der Waals surface area (Å²) in [6.07, 6.45) is 43.9. The van der Waals surface area contributed by atoms with Crippen LogP contribution in [0.4, 0.5) is 0 Å². The third kappa shape index (κ3) is 16.7. The number of unbranched alkanes of at least 4 members (excludes halogenated alkanes) is 8. The Labute approximate surface area is 631 Å². The molecule has 0 saturated carbocycles. The number of hydrogen-bond donors (Lipinski definition) is 1. The van der Waals surface area contributed by atoms with Crippen LogP contribution in [-0.4, -0.2) is 11.7 Å². The number of aryl methyl sites for hydroxylation is 6. The third-order valence-electron chi connectivity index (χ3n) is 26.6. The summed E-state index contributed by atoms with van der Waals surface area (Å²) in [6, 6.07) is 33.4. The van der Waals surface area contributed by atoms with Gasteiger partial charge >= 0.3 is 0 Å². The van der Waals surface area contributed by atoms with Crippen molar-refractivity contribution in [1.29, 1.82) is 0 Å². The van der Waals surface area contributed by atoms with Crippen LogP contribution in [0.3, 0.4) is 0 Å². The van der Waals surface area contributed by atoms with Crippen molar-refractivity contribution < 1.29 is 5.11 Å². The lowest BCUT2D eigenvalue weighted by molar-refractivity contribution is 0.282. The fourth-order valence-electron chi connectivity index (χ4n) is 20.3. The molecule has 0 saturated heterocycles. The quantitative estimate of drug-likeness (QED) is 0.0229. The Bertz CT molecular complexity index is 4580. The summed E-state index contributed by atoms with van der Waals surface area (Å²) >= 11 is 0. The molecule has 1 nitrogen and oxygen atoms in total. The summed E-state index contributed by atoms with van der Waals surface area (Å²) in [5, 5.41) is 46.4. The lowest BCUT2D eigenvalue weighted by Gasteiger charge is -2.30. The molecular weight excluding hydrogens is 1250 g/mol. The van der Waals surface area contributed by atoms with Crippen molar-refractivity contribution in [3.05, 3.63) is 106 Å². The number of fused-ring (bicyclic) bond motifs is 6. The number of aliphatic hydroxyl groups is 1. The maximum atomic E-state index is 9.44. The molecular formula is C103H140O. The maximum absolute atomic E-state index is 9.44. The van der Waals surface area contributed by atoms with Gasteiger partial charge in [0, 0.05) is 6.61 Å². The Morgan fingerprint density at radius 3 is 0.510 bits per heavy atom. The van der Waals surface area contributed by atoms with Crippen molar-refractivity contribution in [1.82, 2.24) is 0 Å². The molecule has 5 atom stereocenters. The standard InChI is InChI=1S/C103H140O/c1-64(2)30-25-35-69(11)41-46-75-54-82-80-52-74(40-23-21-19-17-16-18-20-22-24-51-104)53-81-83-55-76(47-42-70(12)36-26-31-65(3)4)57-85-87-59-78(49-44-72(14)38-28-33-67(7)8)61-89-91-63-79(50-45-73(15)39-29-34-68(9)10)62-90-88-60-77(48-43-71(13)37-27-32-66(5)6)58-86-84(56-75)93(82)99-98(92(80)81)100(94(83)85)102(96(87)89)103(97(90)91)101(99)95(86)88/h52-73,104H,16-51H2,1-15H3. The number of benzene rings is 13. The molecule has 0 bridgehead atoms. The minimum Gasteiger partial charge on any atom is -0.396 e. The maximum Gasteiger partial charge on any atom is 0.0431 e. The van der Waals surface area contributed by atoms with E-state index < -0.39 is 0 Å². The van der Waals surface area contributed by atoms with E-state index in [2.05, 4.69) is 177 Å². The second kappa shape index (κ2) is 34.4. The average molecular weight is 1390 g/mol. The zero-order valence-electron chi connectivity index (χ0n) is 68.6. The third-order valence-corrected chi connectivity index (χ3v) is 26.6. The monoisotopic (exact) mass is 1390 g/mol. The van der Waals surface area contributed by atoms with Gasteiger partial charge in [0.15, 0.2) is 0 Å². The zero-order chi connectivity index (χ0) is 73.0. The predicted molar refractivity (Wildman–Crippen MR) is 467 cm³/mol. The first-order chi connectivity index (χ1) is 50.2. The fourth-order valence-corrected chi connectivity index (χ4v) is 20.3. The summed E-state index contributed by atoms with van der Waals surface area (Å²) in [5.41, 5.74) is 9.25. The molecule has 0 fully saturated rings. The van der Waals surface area contributed by atoms with Crippen LogP contribution < -0.4 is 0 Å². The molecule has 1 N–H and O–H groups in total. The highest BCUT2D eigenvalue weighted by Crippen LogP contribution is 2.61. The zero-order valence-corrected chi connectivity index (χ0v) is 68.6. The molecule has 0 aromatic heterocycles. The summed E-state index contributed by atoms with van der Waals surface area (Å²) in [5.74, 6) is 7.23. The van der Waals surface area contributed by atoms with Gasteiger partial charge in [0.25, 0.3) is 0 Å². The van der Waals surface area contributed by atoms with Crippen molar-refractivity contribution in [2.45, 2.75) is 329 Å². The van der Waals surface area contributed by atoms with E-state index in [-0.39, 0.29) is 0 Å². The van der Waals surface area contributed by atoms with E-state index >= 15 is 0 Å². The van der Waals surface area contributed by atoms with E-state index in [1.54, 1.807) is 92.5 Å². The van der Waals surface area contributed by atoms with Crippen LogP contribution in [0.25, 0.3) is 129 Å². The SMILES string of the molecule is CC(C)CCCC(C)CCc1cc2c3cc(CCCCCCCCCCCO)cc4c5cc(CCC(C)CCCC(C)C)cc6c7cc(CCC(C)CCCC(C)C)cc8c9cc(CCC(C)CCCC(C)C)cc%10c%11cc(CCC(C)CCCC(C)C)cc%12c(c1)c2c1c(c34)c(c56)c(c78)c(c%109)c1c%12%11. The van der Waals surface area contributed by atoms with Crippen molar-refractivity contribution in [2.75, 3.05) is 6.61 Å². The molecule has 0 amide bonds. The van der Waals surface area contributed by atoms with Crippen LogP contribution in [0.1, 0.15) is 323 Å². The number of rotatable bonds is 46. The lowest BCUT2D eigenvalue weighted by Crippen LogP contribution is -2.04. The van der Waals surface area contributed by atoms with Gasteiger partial charge in [0.1, 0.15) is 0 Å². The largest absolute Gasteiger partial charge is 0.396 e. The Balaban J connectivity index is 1.13. The Kier molecular flexibility index (Phi) is 25.4. The topological polar surface area (TPSA) is 20.2 Å². The summed E-state index contributed by atoms with van der Waals surface area (Å²) in [4.78, 5) is 0. The van der Waals surface area contributed by atoms with Crippen molar-refractivity contribution >= 4 is 129 Å². The van der Waals surface area contributed by atoms with Crippen LogP contribution in [0.5, 0.6) is 0 Å². The normalized spacial score (nSPS) is 14.6. The molecule has 5 unspecified atom stereocenters. The summed E-state index contributed by atoms with van der Waals surface area (Å²) < 4.78 is 0. The molecule has 13 aromatic carbocycles. The van der Waals surface area contributed by atoms with Gasteiger partial charge in [-0.25, -0.2) is 0 Å². The van der Waals surface area contributed by atoms with Crippen LogP contribution in [-0.2, 0) is 38.5 Å². The van der Waals surface area contributed by atoms with Crippen molar-refractivity contribution in [3.63, 3.8) is 0 Å². The van der Waals surface area contributed by atoms with E-state index in [1.165, 1.54) is 244 Å². The minimum atomic E-state index is 0.329. The highest BCUT2D eigenvalue weighted by molar-refractivity contribution is 6.61. The van der Waals surface area contributed by atoms with E-state index in [1.807, 2.05) is 0 Å². The highest BCUT2D eigenvalue weighted by atomic mass is 16.3. The molecule has 13 rings (SSSR count). The molecule has 0 aliphatic carbocycles. The van der Waals surface area contributed by atoms with Gasteiger partial charge in [-0.1, -0.05) is 318 Å². The first-order valence-electron chi connectivity index (χ1n) is 44.1. The van der Waals surface area contributed by atoms with Gasteiger partial charge < -0.3 is 5.11 Å². The molecule has 0 radical (unpaired) electrons. The van der Waals surface area contributed by atoms with Gasteiger partial charge in [0.2, 0.25) is 0 Å². The van der Waals surface area contributed by atoms with E-state index in [9.17, 15) is 5.11 Å². The summed E-state index contributed by atoms with van der Waals surface area (Å²) in [7, 11) is 0. The molecule has 0 aliphatic rings. The van der Waals surface area contributed by atoms with Crippen LogP contribution in [0.15, 0.2) is 72.8 Å². The first-order valence-corrected chi connectivity index (χ1v) is 44.1. The Hall–Kier alpha value is -5.50. The second-order valence-corrected chi connectivity index (χ2v) is 38.1. The molecule has 104 heavy (non-hydrogen) atoms. The van der Waals surface area contributed by atoms with Crippen LogP contribution >= 0.6 is 0 Å².